The summed E-state index contributed by atoms with van der Waals surface area (Å²) >= 11 is 0. The van der Waals surface area contributed by atoms with Gasteiger partial charge in [0.1, 0.15) is 6.20 Å². The molecule has 0 radical (unpaired) electrons. The first-order valence-corrected chi connectivity index (χ1v) is 7.44. The topological polar surface area (TPSA) is 90.1 Å². The van der Waals surface area contributed by atoms with Gasteiger partial charge in [-0.3, -0.25) is 19.6 Å². The van der Waals surface area contributed by atoms with E-state index in [4.69, 9.17) is 0 Å². The molecule has 4 atom stereocenters. The van der Waals surface area contributed by atoms with E-state index in [1.165, 1.54) is 30.4 Å². The van der Waals surface area contributed by atoms with Crippen LogP contribution in [0.1, 0.15) is 43.1 Å². The van der Waals surface area contributed by atoms with Crippen molar-refractivity contribution in [2.24, 2.45) is 24.8 Å². The molecule has 21 heavy (non-hydrogen) atoms. The second kappa shape index (κ2) is 5.13. The minimum absolute atomic E-state index is 0.0232. The molecule has 7 heteroatoms. The Hall–Kier alpha value is -1.92. The van der Waals surface area contributed by atoms with Gasteiger partial charge in [-0.2, -0.15) is 5.10 Å². The van der Waals surface area contributed by atoms with E-state index in [1.807, 2.05) is 6.92 Å². The number of amides is 1. The smallest absolute Gasteiger partial charge is 0.320 e. The van der Waals surface area contributed by atoms with Crippen molar-refractivity contribution in [1.82, 2.24) is 15.1 Å². The summed E-state index contributed by atoms with van der Waals surface area (Å²) in [7, 11) is 1.55. The van der Waals surface area contributed by atoms with E-state index in [0.717, 1.165) is 12.1 Å². The zero-order valence-electron chi connectivity index (χ0n) is 12.3. The Balaban J connectivity index is 1.72. The maximum Gasteiger partial charge on any atom is 0.320 e. The second-order valence-electron chi connectivity index (χ2n) is 6.36. The maximum atomic E-state index is 12.3. The highest BCUT2D eigenvalue weighted by atomic mass is 16.6. The lowest BCUT2D eigenvalue weighted by molar-refractivity contribution is -0.385. The molecular formula is C14H20N4O3. The highest BCUT2D eigenvalue weighted by Gasteiger charge is 2.42. The molecule has 2 aliphatic carbocycles. The molecule has 1 amide bonds. The summed E-state index contributed by atoms with van der Waals surface area (Å²) in [6.07, 6.45) is 6.13. The van der Waals surface area contributed by atoms with Crippen LogP contribution < -0.4 is 5.32 Å². The Morgan fingerprint density at radius 1 is 1.52 bits per heavy atom. The monoisotopic (exact) mass is 292 g/mol. The van der Waals surface area contributed by atoms with Gasteiger partial charge in [0.15, 0.2) is 0 Å². The molecule has 114 valence electrons. The number of hydrogen-bond donors (Lipinski definition) is 1. The molecule has 0 aliphatic heterocycles. The molecule has 0 spiro atoms. The molecule has 2 saturated carbocycles. The third-order valence-electron chi connectivity index (χ3n) is 5.13. The maximum absolute atomic E-state index is 12.3. The highest BCUT2D eigenvalue weighted by Crippen LogP contribution is 2.49. The van der Waals surface area contributed by atoms with Gasteiger partial charge in [-0.05, 0) is 43.9 Å². The van der Waals surface area contributed by atoms with E-state index < -0.39 is 10.8 Å². The van der Waals surface area contributed by atoms with Crippen LogP contribution in [0.5, 0.6) is 0 Å². The molecule has 2 aliphatic rings. The summed E-state index contributed by atoms with van der Waals surface area (Å²) in [6, 6.07) is 0.0438. The largest absolute Gasteiger partial charge is 0.348 e. The number of hydrogen-bond acceptors (Lipinski definition) is 4. The van der Waals surface area contributed by atoms with E-state index >= 15 is 0 Å². The SMILES string of the molecule is C[C@H](NC(=O)c1c([N+](=O)[O-])cnn1C)[C@@H]1C[C@@H]2CC[C@@H]1C2. The average Bonchev–Trinajstić information content (AvgIpc) is 3.12. The minimum atomic E-state index is -0.565. The minimum Gasteiger partial charge on any atom is -0.348 e. The zero-order valence-corrected chi connectivity index (χ0v) is 12.3. The number of carbonyl (C=O) groups excluding carboxylic acids is 1. The summed E-state index contributed by atoms with van der Waals surface area (Å²) in [4.78, 5) is 22.7. The lowest BCUT2D eigenvalue weighted by Crippen LogP contribution is -2.40. The van der Waals surface area contributed by atoms with Crippen LogP contribution in [0.2, 0.25) is 0 Å². The van der Waals surface area contributed by atoms with Crippen LogP contribution in [0, 0.1) is 27.9 Å². The number of fused-ring (bicyclic) bond motifs is 2. The zero-order chi connectivity index (χ0) is 15.1. The fourth-order valence-corrected chi connectivity index (χ4v) is 4.11. The van der Waals surface area contributed by atoms with Gasteiger partial charge < -0.3 is 5.32 Å². The average molecular weight is 292 g/mol. The van der Waals surface area contributed by atoms with Crippen molar-refractivity contribution < 1.29 is 9.72 Å². The third kappa shape index (κ3) is 2.41. The van der Waals surface area contributed by atoms with Gasteiger partial charge in [-0.25, -0.2) is 0 Å². The van der Waals surface area contributed by atoms with Crippen LogP contribution in [-0.4, -0.2) is 26.7 Å². The Morgan fingerprint density at radius 2 is 2.29 bits per heavy atom. The van der Waals surface area contributed by atoms with Crippen molar-refractivity contribution in [1.29, 1.82) is 0 Å². The predicted octanol–water partition coefficient (Wildman–Crippen LogP) is 1.88. The summed E-state index contributed by atoms with van der Waals surface area (Å²) < 4.78 is 1.26. The Kier molecular flexibility index (Phi) is 3.43. The molecule has 7 nitrogen and oxygen atoms in total. The Morgan fingerprint density at radius 3 is 2.86 bits per heavy atom. The van der Waals surface area contributed by atoms with Crippen molar-refractivity contribution in [3.05, 3.63) is 22.0 Å². The van der Waals surface area contributed by atoms with Crippen LogP contribution in [-0.2, 0) is 7.05 Å². The van der Waals surface area contributed by atoms with Crippen molar-refractivity contribution in [2.75, 3.05) is 0 Å². The number of aryl methyl sites for hydroxylation is 1. The standard InChI is InChI=1S/C14H20N4O3/c1-8(11-6-9-3-4-10(11)5-9)16-14(19)13-12(18(20)21)7-15-17(13)2/h7-11H,3-6H2,1-2H3,(H,16,19)/t8-,9+,10+,11-/m0/s1. The molecule has 0 unspecified atom stereocenters. The van der Waals surface area contributed by atoms with Crippen LogP contribution in [0.15, 0.2) is 6.20 Å². The molecule has 3 rings (SSSR count). The molecule has 0 aromatic carbocycles. The van der Waals surface area contributed by atoms with Crippen LogP contribution >= 0.6 is 0 Å². The van der Waals surface area contributed by atoms with Crippen LogP contribution in [0.25, 0.3) is 0 Å². The summed E-state index contributed by atoms with van der Waals surface area (Å²) in [5, 5.41) is 17.7. The number of carbonyl (C=O) groups is 1. The number of rotatable bonds is 4. The van der Waals surface area contributed by atoms with Crippen LogP contribution in [0.3, 0.4) is 0 Å². The lowest BCUT2D eigenvalue weighted by Gasteiger charge is -2.28. The van der Waals surface area contributed by atoms with Crippen molar-refractivity contribution in [2.45, 2.75) is 38.6 Å². The summed E-state index contributed by atoms with van der Waals surface area (Å²) in [5.74, 6) is 1.61. The molecule has 1 N–H and O–H groups in total. The van der Waals surface area contributed by atoms with Gasteiger partial charge >= 0.3 is 5.69 Å². The molecule has 0 saturated heterocycles. The third-order valence-corrected chi connectivity index (χ3v) is 5.13. The van der Waals surface area contributed by atoms with Gasteiger partial charge in [-0.15, -0.1) is 0 Å². The molecule has 2 bridgehead atoms. The number of aromatic nitrogens is 2. The Labute approximate surface area is 122 Å². The first-order valence-electron chi connectivity index (χ1n) is 7.44. The number of nitro groups is 1. The fourth-order valence-electron chi connectivity index (χ4n) is 4.11. The van der Waals surface area contributed by atoms with E-state index in [-0.39, 0.29) is 17.4 Å². The first kappa shape index (κ1) is 14.0. The molecular weight excluding hydrogens is 272 g/mol. The normalized spacial score (nSPS) is 28.6. The van der Waals surface area contributed by atoms with Gasteiger partial charge in [0, 0.05) is 13.1 Å². The summed E-state index contributed by atoms with van der Waals surface area (Å²) in [6.45, 7) is 2.01. The fraction of sp³-hybridized carbons (Fsp3) is 0.714. The molecule has 1 heterocycles. The van der Waals surface area contributed by atoms with Gasteiger partial charge in [-0.1, -0.05) is 6.42 Å². The summed E-state index contributed by atoms with van der Waals surface area (Å²) in [5.41, 5.74) is -0.217. The van der Waals surface area contributed by atoms with Gasteiger partial charge in [0.2, 0.25) is 5.69 Å². The van der Waals surface area contributed by atoms with Crippen molar-refractivity contribution in [3.63, 3.8) is 0 Å². The van der Waals surface area contributed by atoms with E-state index in [9.17, 15) is 14.9 Å². The highest BCUT2D eigenvalue weighted by molar-refractivity contribution is 5.96. The first-order chi connectivity index (χ1) is 9.97. The van der Waals surface area contributed by atoms with Gasteiger partial charge in [0.05, 0.1) is 4.92 Å². The van der Waals surface area contributed by atoms with E-state index in [2.05, 4.69) is 10.4 Å². The van der Waals surface area contributed by atoms with Crippen molar-refractivity contribution in [3.8, 4) is 0 Å². The quantitative estimate of drug-likeness (QED) is 0.677. The van der Waals surface area contributed by atoms with Crippen molar-refractivity contribution >= 4 is 11.6 Å². The van der Waals surface area contributed by atoms with Gasteiger partial charge in [0.25, 0.3) is 5.91 Å². The molecule has 2 fully saturated rings. The predicted molar refractivity (Wildman–Crippen MR) is 75.7 cm³/mol. The van der Waals surface area contributed by atoms with E-state index in [1.54, 1.807) is 7.05 Å². The van der Waals surface area contributed by atoms with E-state index in [0.29, 0.717) is 11.8 Å². The molecule has 1 aromatic heterocycles. The number of nitrogens with one attached hydrogen (secondary N) is 1. The Bertz CT molecular complexity index is 583. The lowest BCUT2D eigenvalue weighted by atomic mass is 9.84. The van der Waals surface area contributed by atoms with Crippen LogP contribution in [0.4, 0.5) is 5.69 Å². The molecule has 1 aromatic rings. The number of nitrogens with zero attached hydrogens (tertiary/aromatic N) is 3. The second-order valence-corrected chi connectivity index (χ2v) is 6.36.